The highest BCUT2D eigenvalue weighted by Crippen LogP contribution is 2.42. The molecule has 0 radical (unpaired) electrons. The molecule has 0 unspecified atom stereocenters. The van der Waals surface area contributed by atoms with Crippen molar-refractivity contribution in [2.45, 2.75) is 51.7 Å². The molecule has 2 aliphatic rings. The number of benzene rings is 1. The van der Waals surface area contributed by atoms with Crippen molar-refractivity contribution >= 4 is 17.4 Å². The molecule has 1 aromatic carbocycles. The van der Waals surface area contributed by atoms with Gasteiger partial charge in [0.15, 0.2) is 11.5 Å². The van der Waals surface area contributed by atoms with E-state index in [0.717, 1.165) is 19.4 Å². The zero-order chi connectivity index (χ0) is 25.5. The number of terminal acetylenes is 1. The molecule has 1 atom stereocenters. The average Bonchev–Trinajstić information content (AvgIpc) is 3.13. The molecule has 2 heterocycles. The molecule has 1 amide bonds. The van der Waals surface area contributed by atoms with E-state index in [2.05, 4.69) is 21.2 Å². The molecule has 1 aliphatic heterocycles. The Balaban J connectivity index is 1.78. The summed E-state index contributed by atoms with van der Waals surface area (Å²) in [5.74, 6) is 1.40. The van der Waals surface area contributed by atoms with Crippen LogP contribution in [0.5, 0.6) is 0 Å². The van der Waals surface area contributed by atoms with Crippen molar-refractivity contribution < 1.29 is 22.8 Å². The van der Waals surface area contributed by atoms with Crippen LogP contribution in [0.4, 0.5) is 18.9 Å². The van der Waals surface area contributed by atoms with Gasteiger partial charge in [-0.15, -0.1) is 6.42 Å². The number of primary amides is 1. The third-order valence-electron chi connectivity index (χ3n) is 6.51. The van der Waals surface area contributed by atoms with E-state index in [9.17, 15) is 22.8 Å². The molecule has 0 bridgehead atoms. The van der Waals surface area contributed by atoms with Gasteiger partial charge in [0.25, 0.3) is 5.91 Å². The SMILES string of the molecule is C#CCN1CCC[C@@H](Nc2cc(-n3nc(C(F)(F)F)c4c3CC(C)(C)CC4=O)ccc2C(N)=O)C1. The summed E-state index contributed by atoms with van der Waals surface area (Å²) in [5, 5.41) is 7.17. The molecule has 0 spiro atoms. The first-order valence-corrected chi connectivity index (χ1v) is 11.5. The molecule has 2 aromatic rings. The van der Waals surface area contributed by atoms with Gasteiger partial charge in [0.1, 0.15) is 0 Å². The summed E-state index contributed by atoms with van der Waals surface area (Å²) in [7, 11) is 0. The summed E-state index contributed by atoms with van der Waals surface area (Å²) >= 11 is 0. The van der Waals surface area contributed by atoms with Gasteiger partial charge in [-0.3, -0.25) is 14.5 Å². The number of likely N-dealkylation sites (tertiary alicyclic amines) is 1. The van der Waals surface area contributed by atoms with Crippen LogP contribution < -0.4 is 11.1 Å². The second kappa shape index (κ2) is 9.04. The lowest BCUT2D eigenvalue weighted by atomic mass is 9.75. The fraction of sp³-hybridized carbons (Fsp3) is 0.480. The van der Waals surface area contributed by atoms with Crippen LogP contribution in [0, 0.1) is 17.8 Å². The highest BCUT2D eigenvalue weighted by atomic mass is 19.4. The highest BCUT2D eigenvalue weighted by molar-refractivity contribution is 6.00. The fourth-order valence-corrected chi connectivity index (χ4v) is 5.02. The first-order valence-electron chi connectivity index (χ1n) is 11.5. The van der Waals surface area contributed by atoms with Crippen LogP contribution in [-0.4, -0.2) is 52.0 Å². The first kappa shape index (κ1) is 24.8. The van der Waals surface area contributed by atoms with Gasteiger partial charge in [-0.1, -0.05) is 19.8 Å². The van der Waals surface area contributed by atoms with Crippen molar-refractivity contribution in [2.24, 2.45) is 11.1 Å². The Bertz CT molecular complexity index is 1210. The van der Waals surface area contributed by atoms with Gasteiger partial charge < -0.3 is 11.1 Å². The monoisotopic (exact) mass is 487 g/mol. The normalized spacial score (nSPS) is 20.2. The summed E-state index contributed by atoms with van der Waals surface area (Å²) in [6, 6.07) is 4.51. The number of aromatic nitrogens is 2. The Morgan fingerprint density at radius 3 is 2.74 bits per heavy atom. The van der Waals surface area contributed by atoms with Crippen LogP contribution in [0.25, 0.3) is 5.69 Å². The van der Waals surface area contributed by atoms with Crippen molar-refractivity contribution in [1.82, 2.24) is 14.7 Å². The van der Waals surface area contributed by atoms with Crippen LogP contribution in [0.1, 0.15) is 65.2 Å². The summed E-state index contributed by atoms with van der Waals surface area (Å²) in [5.41, 5.74) is 4.66. The van der Waals surface area contributed by atoms with Crippen molar-refractivity contribution in [3.8, 4) is 18.0 Å². The van der Waals surface area contributed by atoms with E-state index in [4.69, 9.17) is 12.2 Å². The fourth-order valence-electron chi connectivity index (χ4n) is 5.02. The lowest BCUT2D eigenvalue weighted by molar-refractivity contribution is -0.141. The van der Waals surface area contributed by atoms with E-state index in [1.54, 1.807) is 6.07 Å². The molecule has 1 saturated heterocycles. The third-order valence-corrected chi connectivity index (χ3v) is 6.51. The van der Waals surface area contributed by atoms with E-state index in [1.807, 2.05) is 13.8 Å². The number of nitrogens with one attached hydrogen (secondary N) is 1. The average molecular weight is 488 g/mol. The van der Waals surface area contributed by atoms with E-state index in [0.29, 0.717) is 24.5 Å². The van der Waals surface area contributed by atoms with Crippen LogP contribution in [0.3, 0.4) is 0 Å². The molecular weight excluding hydrogens is 459 g/mol. The van der Waals surface area contributed by atoms with E-state index >= 15 is 0 Å². The van der Waals surface area contributed by atoms with Gasteiger partial charge in [-0.05, 0) is 49.4 Å². The Labute approximate surface area is 201 Å². The van der Waals surface area contributed by atoms with Crippen molar-refractivity contribution in [2.75, 3.05) is 25.0 Å². The number of anilines is 1. The number of nitrogens with zero attached hydrogens (tertiary/aromatic N) is 3. The van der Waals surface area contributed by atoms with Gasteiger partial charge >= 0.3 is 6.18 Å². The van der Waals surface area contributed by atoms with Gasteiger partial charge in [-0.25, -0.2) is 4.68 Å². The second-order valence-electron chi connectivity index (χ2n) is 10.0. The van der Waals surface area contributed by atoms with Crippen LogP contribution in [0.15, 0.2) is 18.2 Å². The standard InChI is InChI=1S/C25H28F3N5O2/c1-4-9-32-10-5-6-15(14-32)30-18-11-16(7-8-17(18)23(29)35)33-19-12-24(2,3)13-20(34)21(19)22(31-33)25(26,27)28/h1,7-8,11,15,30H,5-6,9-10,12-14H2,2-3H3,(H2,29,35)/t15-/m1/s1. The number of hydrogen-bond donors (Lipinski definition) is 2. The molecule has 1 aromatic heterocycles. The zero-order valence-electron chi connectivity index (χ0n) is 19.7. The van der Waals surface area contributed by atoms with Crippen LogP contribution in [0.2, 0.25) is 0 Å². The highest BCUT2D eigenvalue weighted by Gasteiger charge is 2.45. The number of carbonyl (C=O) groups is 2. The molecule has 1 fully saturated rings. The molecule has 10 heteroatoms. The van der Waals surface area contributed by atoms with Crippen molar-refractivity contribution in [3.05, 3.63) is 40.7 Å². The van der Waals surface area contributed by atoms with E-state index in [-0.39, 0.29) is 35.7 Å². The lowest BCUT2D eigenvalue weighted by Gasteiger charge is -2.33. The quantitative estimate of drug-likeness (QED) is 0.628. The summed E-state index contributed by atoms with van der Waals surface area (Å²) in [4.78, 5) is 26.9. The number of piperidine rings is 1. The minimum atomic E-state index is -4.77. The topological polar surface area (TPSA) is 93.2 Å². The van der Waals surface area contributed by atoms with Crippen LogP contribution in [-0.2, 0) is 12.6 Å². The number of fused-ring (bicyclic) bond motifs is 1. The third kappa shape index (κ3) is 5.05. The molecule has 186 valence electrons. The van der Waals surface area contributed by atoms with Gasteiger partial charge in [0.2, 0.25) is 0 Å². The number of ketones is 1. The van der Waals surface area contributed by atoms with Gasteiger partial charge in [-0.2, -0.15) is 18.3 Å². The predicted octanol–water partition coefficient (Wildman–Crippen LogP) is 3.65. The minimum absolute atomic E-state index is 0.0119. The largest absolute Gasteiger partial charge is 0.435 e. The number of alkyl halides is 3. The number of nitrogens with two attached hydrogens (primary N) is 1. The molecular formula is C25H28F3N5O2. The van der Waals surface area contributed by atoms with Crippen LogP contribution >= 0.6 is 0 Å². The Hall–Kier alpha value is -3.32. The molecule has 35 heavy (non-hydrogen) atoms. The molecule has 3 N–H and O–H groups in total. The smallest absolute Gasteiger partial charge is 0.380 e. The molecule has 0 saturated carbocycles. The first-order chi connectivity index (χ1) is 16.4. The maximum Gasteiger partial charge on any atom is 0.435 e. The zero-order valence-corrected chi connectivity index (χ0v) is 19.7. The minimum Gasteiger partial charge on any atom is -0.380 e. The number of Topliss-reactive ketones (excluding diaryl/α,β-unsaturated/α-hetero) is 1. The Kier molecular flexibility index (Phi) is 6.40. The number of hydrogen-bond acceptors (Lipinski definition) is 5. The predicted molar refractivity (Wildman–Crippen MR) is 125 cm³/mol. The Morgan fingerprint density at radius 2 is 2.09 bits per heavy atom. The summed E-state index contributed by atoms with van der Waals surface area (Å²) < 4.78 is 42.6. The molecule has 4 rings (SSSR count). The van der Waals surface area contributed by atoms with Crippen molar-refractivity contribution in [3.63, 3.8) is 0 Å². The number of amides is 1. The second-order valence-corrected chi connectivity index (χ2v) is 10.0. The van der Waals surface area contributed by atoms with Crippen molar-refractivity contribution in [1.29, 1.82) is 0 Å². The maximum atomic E-state index is 13.8. The Morgan fingerprint density at radius 1 is 1.34 bits per heavy atom. The summed E-state index contributed by atoms with van der Waals surface area (Å²) in [6.07, 6.45) is 2.67. The van der Waals surface area contributed by atoms with E-state index in [1.165, 1.54) is 16.8 Å². The maximum absolute atomic E-state index is 13.8. The molecule has 1 aliphatic carbocycles. The molecule has 7 nitrogen and oxygen atoms in total. The number of rotatable bonds is 5. The lowest BCUT2D eigenvalue weighted by Crippen LogP contribution is -2.42. The summed E-state index contributed by atoms with van der Waals surface area (Å²) in [6.45, 7) is 5.71. The van der Waals surface area contributed by atoms with E-state index < -0.39 is 29.0 Å². The van der Waals surface area contributed by atoms with Gasteiger partial charge in [0.05, 0.1) is 29.1 Å². The van der Waals surface area contributed by atoms with Gasteiger partial charge in [0, 0.05) is 24.7 Å². The number of halogens is 3. The number of carbonyl (C=O) groups excluding carboxylic acids is 2.